The van der Waals surface area contributed by atoms with Crippen molar-refractivity contribution in [1.29, 1.82) is 0 Å². The molecule has 120 valence electrons. The summed E-state index contributed by atoms with van der Waals surface area (Å²) in [6.07, 6.45) is 0. The molecule has 1 N–H and O–H groups in total. The molecule has 0 radical (unpaired) electrons. The monoisotopic (exact) mass is 317 g/mol. The molecule has 1 saturated heterocycles. The second-order valence-electron chi connectivity index (χ2n) is 5.15. The third-order valence-corrected chi connectivity index (χ3v) is 3.58. The summed E-state index contributed by atoms with van der Waals surface area (Å²) in [5.74, 6) is -0.515. The summed E-state index contributed by atoms with van der Waals surface area (Å²) >= 11 is 0. The number of morpholine rings is 1. The lowest BCUT2D eigenvalue weighted by atomic mass is 10.1. The van der Waals surface area contributed by atoms with E-state index in [2.05, 4.69) is 10.1 Å². The lowest BCUT2D eigenvalue weighted by Gasteiger charge is -2.32. The first-order valence-corrected chi connectivity index (χ1v) is 7.08. The number of hydrogen-bond donors (Lipinski definition) is 1. The first-order valence-electron chi connectivity index (χ1n) is 7.08. The molecule has 1 aromatic carbocycles. The minimum Gasteiger partial charge on any atom is -0.480 e. The third-order valence-electron chi connectivity index (χ3n) is 3.58. The number of carboxylic acid groups (broad SMARTS) is 1. The molecule has 1 fully saturated rings. The number of nitrogens with zero attached hydrogens (tertiary/aromatic N) is 3. The Balaban J connectivity index is 1.80. The first kappa shape index (κ1) is 15.2. The predicted molar refractivity (Wildman–Crippen MR) is 77.8 cm³/mol. The fourth-order valence-electron chi connectivity index (χ4n) is 2.39. The number of rotatable bonds is 3. The topological polar surface area (TPSA) is 106 Å². The van der Waals surface area contributed by atoms with Gasteiger partial charge in [-0.05, 0) is 31.2 Å². The van der Waals surface area contributed by atoms with E-state index in [1.54, 1.807) is 31.2 Å². The van der Waals surface area contributed by atoms with Crippen LogP contribution in [-0.4, -0.2) is 57.8 Å². The lowest BCUT2D eigenvalue weighted by Crippen LogP contribution is -2.52. The van der Waals surface area contributed by atoms with Crippen molar-refractivity contribution in [2.75, 3.05) is 19.8 Å². The predicted octanol–water partition coefficient (Wildman–Crippen LogP) is 0.971. The summed E-state index contributed by atoms with van der Waals surface area (Å²) < 4.78 is 10.2. The van der Waals surface area contributed by atoms with Gasteiger partial charge in [-0.3, -0.25) is 4.79 Å². The van der Waals surface area contributed by atoms with Gasteiger partial charge < -0.3 is 19.3 Å². The zero-order valence-corrected chi connectivity index (χ0v) is 12.4. The molecular weight excluding hydrogens is 302 g/mol. The van der Waals surface area contributed by atoms with Gasteiger partial charge in [0, 0.05) is 17.7 Å². The number of hydrogen-bond acceptors (Lipinski definition) is 6. The Morgan fingerprint density at radius 1 is 1.30 bits per heavy atom. The molecule has 1 atom stereocenters. The van der Waals surface area contributed by atoms with Gasteiger partial charge in [-0.2, -0.15) is 4.98 Å². The maximum Gasteiger partial charge on any atom is 0.328 e. The van der Waals surface area contributed by atoms with Gasteiger partial charge in [0.1, 0.15) is 0 Å². The zero-order valence-electron chi connectivity index (χ0n) is 12.4. The molecule has 1 amide bonds. The van der Waals surface area contributed by atoms with Gasteiger partial charge in [0.2, 0.25) is 0 Å². The van der Waals surface area contributed by atoms with Gasteiger partial charge in [-0.15, -0.1) is 0 Å². The molecule has 1 aromatic heterocycles. The van der Waals surface area contributed by atoms with Gasteiger partial charge >= 0.3 is 5.97 Å². The Morgan fingerprint density at radius 3 is 2.65 bits per heavy atom. The number of amides is 1. The van der Waals surface area contributed by atoms with Crippen LogP contribution in [0.2, 0.25) is 0 Å². The van der Waals surface area contributed by atoms with Crippen LogP contribution in [0.3, 0.4) is 0 Å². The second-order valence-corrected chi connectivity index (χ2v) is 5.15. The zero-order chi connectivity index (χ0) is 16.4. The van der Waals surface area contributed by atoms with Crippen molar-refractivity contribution < 1.29 is 24.0 Å². The minimum absolute atomic E-state index is 0.000415. The highest BCUT2D eigenvalue weighted by Gasteiger charge is 2.33. The molecule has 3 rings (SSSR count). The van der Waals surface area contributed by atoms with Gasteiger partial charge in [0.25, 0.3) is 11.8 Å². The molecule has 0 bridgehead atoms. The van der Waals surface area contributed by atoms with Crippen LogP contribution in [0.4, 0.5) is 0 Å². The van der Waals surface area contributed by atoms with Gasteiger partial charge in [-0.25, -0.2) is 4.79 Å². The van der Waals surface area contributed by atoms with Gasteiger partial charge in [0.05, 0.1) is 13.2 Å². The van der Waals surface area contributed by atoms with E-state index in [0.29, 0.717) is 29.4 Å². The highest BCUT2D eigenvalue weighted by molar-refractivity contribution is 5.97. The van der Waals surface area contributed by atoms with Crippen molar-refractivity contribution in [2.45, 2.75) is 13.0 Å². The van der Waals surface area contributed by atoms with E-state index in [4.69, 9.17) is 9.26 Å². The van der Waals surface area contributed by atoms with E-state index in [9.17, 15) is 14.7 Å². The number of carbonyl (C=O) groups is 2. The van der Waals surface area contributed by atoms with Crippen LogP contribution < -0.4 is 0 Å². The summed E-state index contributed by atoms with van der Waals surface area (Å²) in [5.41, 5.74) is 1.09. The van der Waals surface area contributed by atoms with E-state index in [1.165, 1.54) is 4.90 Å². The van der Waals surface area contributed by atoms with Crippen molar-refractivity contribution in [3.63, 3.8) is 0 Å². The molecule has 8 nitrogen and oxygen atoms in total. The molecule has 0 aliphatic carbocycles. The average Bonchev–Trinajstić information content (AvgIpc) is 3.01. The van der Waals surface area contributed by atoms with Crippen molar-refractivity contribution in [3.8, 4) is 11.5 Å². The standard InChI is InChI=1S/C15H15N3O5/c1-9-16-13(23-17-9)10-2-4-11(5-3-10)14(19)18-6-7-22-8-12(18)15(20)21/h2-5,12H,6-8H2,1H3,(H,20,21). The van der Waals surface area contributed by atoms with E-state index in [0.717, 1.165) is 0 Å². The molecule has 2 heterocycles. The fraction of sp³-hybridized carbons (Fsp3) is 0.333. The van der Waals surface area contributed by atoms with Crippen LogP contribution in [0.15, 0.2) is 28.8 Å². The van der Waals surface area contributed by atoms with Gasteiger partial charge in [0.15, 0.2) is 11.9 Å². The van der Waals surface area contributed by atoms with Crippen LogP contribution in [0.1, 0.15) is 16.2 Å². The summed E-state index contributed by atoms with van der Waals surface area (Å²) in [7, 11) is 0. The van der Waals surface area contributed by atoms with Crippen LogP contribution in [0, 0.1) is 6.92 Å². The number of aromatic nitrogens is 2. The molecular formula is C15H15N3O5. The summed E-state index contributed by atoms with van der Waals surface area (Å²) in [6, 6.07) is 5.65. The van der Waals surface area contributed by atoms with Crippen LogP contribution in [-0.2, 0) is 9.53 Å². The highest BCUT2D eigenvalue weighted by atomic mass is 16.5. The van der Waals surface area contributed by atoms with E-state index in [1.807, 2.05) is 0 Å². The largest absolute Gasteiger partial charge is 0.480 e. The maximum atomic E-state index is 12.5. The SMILES string of the molecule is Cc1noc(-c2ccc(C(=O)N3CCOCC3C(=O)O)cc2)n1. The van der Waals surface area contributed by atoms with E-state index in [-0.39, 0.29) is 19.1 Å². The smallest absolute Gasteiger partial charge is 0.328 e. The van der Waals surface area contributed by atoms with Crippen molar-refractivity contribution in [2.24, 2.45) is 0 Å². The third kappa shape index (κ3) is 3.07. The molecule has 8 heteroatoms. The van der Waals surface area contributed by atoms with Crippen LogP contribution in [0.5, 0.6) is 0 Å². The van der Waals surface area contributed by atoms with Crippen LogP contribution >= 0.6 is 0 Å². The molecule has 0 saturated carbocycles. The number of carboxylic acids is 1. The molecule has 2 aromatic rings. The Bertz CT molecular complexity index is 725. The normalized spacial score (nSPS) is 18.0. The Morgan fingerprint density at radius 2 is 2.04 bits per heavy atom. The van der Waals surface area contributed by atoms with E-state index < -0.39 is 12.0 Å². The quantitative estimate of drug-likeness (QED) is 0.899. The van der Waals surface area contributed by atoms with Crippen LogP contribution in [0.25, 0.3) is 11.5 Å². The Kier molecular flexibility index (Phi) is 4.07. The molecule has 1 aliphatic heterocycles. The molecule has 1 unspecified atom stereocenters. The Hall–Kier alpha value is -2.74. The minimum atomic E-state index is -1.07. The number of aliphatic carboxylic acids is 1. The molecule has 1 aliphatic rings. The maximum absolute atomic E-state index is 12.5. The average molecular weight is 317 g/mol. The summed E-state index contributed by atoms with van der Waals surface area (Å²) in [4.78, 5) is 29.2. The Labute approximate surface area is 131 Å². The molecule has 23 heavy (non-hydrogen) atoms. The highest BCUT2D eigenvalue weighted by Crippen LogP contribution is 2.19. The number of benzene rings is 1. The van der Waals surface area contributed by atoms with Crippen molar-refractivity contribution >= 4 is 11.9 Å². The van der Waals surface area contributed by atoms with Crippen molar-refractivity contribution in [1.82, 2.24) is 15.0 Å². The number of ether oxygens (including phenoxy) is 1. The van der Waals surface area contributed by atoms with E-state index >= 15 is 0 Å². The lowest BCUT2D eigenvalue weighted by molar-refractivity contribution is -0.147. The summed E-state index contributed by atoms with van der Waals surface area (Å²) in [6.45, 7) is 2.30. The first-order chi connectivity index (χ1) is 11.1. The number of carbonyl (C=O) groups excluding carboxylic acids is 1. The number of aryl methyl sites for hydroxylation is 1. The van der Waals surface area contributed by atoms with Gasteiger partial charge in [-0.1, -0.05) is 5.16 Å². The second kappa shape index (κ2) is 6.17. The fourth-order valence-corrected chi connectivity index (χ4v) is 2.39. The van der Waals surface area contributed by atoms with Crippen molar-refractivity contribution in [3.05, 3.63) is 35.7 Å². The molecule has 0 spiro atoms. The summed E-state index contributed by atoms with van der Waals surface area (Å²) in [5, 5.41) is 12.9.